The van der Waals surface area contributed by atoms with Gasteiger partial charge < -0.3 is 4.74 Å². The Morgan fingerprint density at radius 2 is 1.68 bits per heavy atom. The Hall–Kier alpha value is -3.01. The van der Waals surface area contributed by atoms with E-state index in [4.69, 9.17) is 4.74 Å². The van der Waals surface area contributed by atoms with E-state index in [1.165, 1.54) is 0 Å². The van der Waals surface area contributed by atoms with Crippen molar-refractivity contribution in [2.24, 2.45) is 0 Å². The molecule has 0 saturated carbocycles. The molecule has 0 saturated heterocycles. The molecule has 4 heteroatoms. The summed E-state index contributed by atoms with van der Waals surface area (Å²) in [5.74, 6) is 1.51. The fourth-order valence-corrected chi connectivity index (χ4v) is 2.13. The molecule has 0 radical (unpaired) electrons. The molecule has 0 N–H and O–H groups in total. The van der Waals surface area contributed by atoms with Crippen LogP contribution in [0.1, 0.15) is 16.2 Å². The van der Waals surface area contributed by atoms with Crippen molar-refractivity contribution in [2.75, 3.05) is 0 Å². The molecule has 0 aliphatic carbocycles. The minimum absolute atomic E-state index is 0.417. The van der Waals surface area contributed by atoms with Crippen LogP contribution in [0.2, 0.25) is 0 Å². The molecule has 0 atom stereocenters. The van der Waals surface area contributed by atoms with Crippen LogP contribution in [-0.2, 0) is 0 Å². The van der Waals surface area contributed by atoms with Gasteiger partial charge >= 0.3 is 0 Å². The second-order valence-corrected chi connectivity index (χ2v) is 4.76. The summed E-state index contributed by atoms with van der Waals surface area (Å²) in [7, 11) is 0. The van der Waals surface area contributed by atoms with E-state index in [0.29, 0.717) is 23.0 Å². The predicted octanol–water partition coefficient (Wildman–Crippen LogP) is 4.06. The molecule has 4 nitrogen and oxygen atoms in total. The van der Waals surface area contributed by atoms with Gasteiger partial charge in [0.15, 0.2) is 6.29 Å². The Kier molecular flexibility index (Phi) is 3.92. The number of benzene rings is 2. The Balaban J connectivity index is 1.98. The van der Waals surface area contributed by atoms with E-state index in [0.717, 1.165) is 17.5 Å². The largest absolute Gasteiger partial charge is 0.438 e. The molecule has 3 aromatic rings. The van der Waals surface area contributed by atoms with Crippen molar-refractivity contribution >= 4 is 6.29 Å². The summed E-state index contributed by atoms with van der Waals surface area (Å²) >= 11 is 0. The van der Waals surface area contributed by atoms with E-state index in [1.54, 1.807) is 24.3 Å². The maximum atomic E-state index is 11.1. The first-order valence-electron chi connectivity index (χ1n) is 6.89. The average molecular weight is 290 g/mol. The monoisotopic (exact) mass is 290 g/mol. The van der Waals surface area contributed by atoms with Crippen LogP contribution in [0.4, 0.5) is 0 Å². The van der Waals surface area contributed by atoms with Crippen molar-refractivity contribution in [2.45, 2.75) is 6.92 Å². The number of nitrogens with zero attached hydrogens (tertiary/aromatic N) is 2. The number of rotatable bonds is 4. The van der Waals surface area contributed by atoms with Gasteiger partial charge in [0.05, 0.1) is 11.3 Å². The van der Waals surface area contributed by atoms with Crippen LogP contribution in [-0.4, -0.2) is 16.3 Å². The summed E-state index contributed by atoms with van der Waals surface area (Å²) in [5, 5.41) is 0. The van der Waals surface area contributed by atoms with Gasteiger partial charge in [0.25, 0.3) is 0 Å². The van der Waals surface area contributed by atoms with E-state index in [9.17, 15) is 4.79 Å². The lowest BCUT2D eigenvalue weighted by Crippen LogP contribution is -1.97. The average Bonchev–Trinajstić information content (AvgIpc) is 2.56. The van der Waals surface area contributed by atoms with Crippen LogP contribution in [0.15, 0.2) is 60.7 Å². The van der Waals surface area contributed by atoms with E-state index in [1.807, 2.05) is 43.3 Å². The minimum Gasteiger partial charge on any atom is -0.438 e. The number of aromatic nitrogens is 2. The van der Waals surface area contributed by atoms with Crippen LogP contribution in [0, 0.1) is 6.92 Å². The highest BCUT2D eigenvalue weighted by Gasteiger charge is 2.08. The van der Waals surface area contributed by atoms with Gasteiger partial charge in [0.1, 0.15) is 11.6 Å². The van der Waals surface area contributed by atoms with Crippen molar-refractivity contribution in [3.8, 4) is 22.9 Å². The molecule has 1 aromatic heterocycles. The third kappa shape index (κ3) is 3.01. The molecule has 108 valence electrons. The standard InChI is InChI=1S/C18H14N2O2/c1-13-19-16(14-7-3-2-4-8-14)11-18(20-13)22-17-10-6-5-9-15(17)12-21/h2-12H,1H3. The van der Waals surface area contributed by atoms with E-state index < -0.39 is 0 Å². The Bertz CT molecular complexity index is 801. The number of para-hydroxylation sites is 1. The molecule has 0 unspecified atom stereocenters. The summed E-state index contributed by atoms with van der Waals surface area (Å²) in [6.45, 7) is 1.81. The fraction of sp³-hybridized carbons (Fsp3) is 0.0556. The number of aryl methyl sites for hydroxylation is 1. The molecule has 0 bridgehead atoms. The first-order chi connectivity index (χ1) is 10.8. The molecule has 1 heterocycles. The third-order valence-corrected chi connectivity index (χ3v) is 3.14. The highest BCUT2D eigenvalue weighted by molar-refractivity contribution is 5.79. The maximum Gasteiger partial charge on any atom is 0.223 e. The SMILES string of the molecule is Cc1nc(Oc2ccccc2C=O)cc(-c2ccccc2)n1. The van der Waals surface area contributed by atoms with E-state index in [2.05, 4.69) is 9.97 Å². The van der Waals surface area contributed by atoms with Crippen LogP contribution in [0.3, 0.4) is 0 Å². The lowest BCUT2D eigenvalue weighted by molar-refractivity contribution is 0.112. The molecular formula is C18H14N2O2. The maximum absolute atomic E-state index is 11.1. The van der Waals surface area contributed by atoms with Gasteiger partial charge in [-0.05, 0) is 19.1 Å². The summed E-state index contributed by atoms with van der Waals surface area (Å²) in [4.78, 5) is 19.8. The first-order valence-corrected chi connectivity index (χ1v) is 6.89. The molecule has 2 aromatic carbocycles. The van der Waals surface area contributed by atoms with Crippen LogP contribution < -0.4 is 4.74 Å². The lowest BCUT2D eigenvalue weighted by Gasteiger charge is -2.09. The molecule has 3 rings (SSSR count). The van der Waals surface area contributed by atoms with E-state index in [-0.39, 0.29) is 0 Å². The van der Waals surface area contributed by atoms with Crippen molar-refractivity contribution in [3.63, 3.8) is 0 Å². The molecular weight excluding hydrogens is 276 g/mol. The summed E-state index contributed by atoms with van der Waals surface area (Å²) < 4.78 is 5.76. The zero-order valence-corrected chi connectivity index (χ0v) is 12.1. The van der Waals surface area contributed by atoms with Gasteiger partial charge in [0.2, 0.25) is 5.88 Å². The molecule has 22 heavy (non-hydrogen) atoms. The third-order valence-electron chi connectivity index (χ3n) is 3.14. The number of hydrogen-bond acceptors (Lipinski definition) is 4. The summed E-state index contributed by atoms with van der Waals surface area (Å²) in [6, 6.07) is 18.6. The summed E-state index contributed by atoms with van der Waals surface area (Å²) in [5.41, 5.74) is 2.26. The minimum atomic E-state index is 0.417. The highest BCUT2D eigenvalue weighted by atomic mass is 16.5. The van der Waals surface area contributed by atoms with Crippen molar-refractivity contribution in [1.29, 1.82) is 0 Å². The number of carbonyl (C=O) groups is 1. The Labute approximate surface area is 128 Å². The second-order valence-electron chi connectivity index (χ2n) is 4.76. The number of aldehydes is 1. The Morgan fingerprint density at radius 1 is 0.955 bits per heavy atom. The molecule has 0 spiro atoms. The van der Waals surface area contributed by atoms with Crippen LogP contribution in [0.5, 0.6) is 11.6 Å². The highest BCUT2D eigenvalue weighted by Crippen LogP contribution is 2.26. The zero-order chi connectivity index (χ0) is 15.4. The smallest absolute Gasteiger partial charge is 0.223 e. The topological polar surface area (TPSA) is 52.1 Å². The second kappa shape index (κ2) is 6.18. The quantitative estimate of drug-likeness (QED) is 0.680. The van der Waals surface area contributed by atoms with Crippen molar-refractivity contribution in [1.82, 2.24) is 9.97 Å². The van der Waals surface area contributed by atoms with Gasteiger partial charge in [-0.25, -0.2) is 4.98 Å². The van der Waals surface area contributed by atoms with Gasteiger partial charge in [-0.3, -0.25) is 4.79 Å². The number of hydrogen-bond donors (Lipinski definition) is 0. The molecule has 0 fully saturated rings. The summed E-state index contributed by atoms with van der Waals surface area (Å²) in [6.07, 6.45) is 0.765. The molecule has 0 amide bonds. The van der Waals surface area contributed by atoms with E-state index >= 15 is 0 Å². The van der Waals surface area contributed by atoms with Gasteiger partial charge in [0, 0.05) is 11.6 Å². The first kappa shape index (κ1) is 13.9. The molecule has 0 aliphatic rings. The molecule has 0 aliphatic heterocycles. The van der Waals surface area contributed by atoms with Gasteiger partial charge in [-0.1, -0.05) is 42.5 Å². The van der Waals surface area contributed by atoms with Gasteiger partial charge in [-0.2, -0.15) is 4.98 Å². The van der Waals surface area contributed by atoms with Crippen molar-refractivity contribution < 1.29 is 9.53 Å². The van der Waals surface area contributed by atoms with Gasteiger partial charge in [-0.15, -0.1) is 0 Å². The number of ether oxygens (including phenoxy) is 1. The number of carbonyl (C=O) groups excluding carboxylic acids is 1. The fourth-order valence-electron chi connectivity index (χ4n) is 2.13. The van der Waals surface area contributed by atoms with Crippen LogP contribution in [0.25, 0.3) is 11.3 Å². The van der Waals surface area contributed by atoms with Crippen molar-refractivity contribution in [3.05, 3.63) is 72.1 Å². The normalized spacial score (nSPS) is 10.2. The zero-order valence-electron chi connectivity index (χ0n) is 12.1. The predicted molar refractivity (Wildman–Crippen MR) is 84.1 cm³/mol. The van der Waals surface area contributed by atoms with Crippen LogP contribution >= 0.6 is 0 Å². The lowest BCUT2D eigenvalue weighted by atomic mass is 10.1. The Morgan fingerprint density at radius 3 is 2.45 bits per heavy atom.